The second-order valence-corrected chi connectivity index (χ2v) is 5.29. The maximum Gasteiger partial charge on any atom is 0.230 e. The van der Waals surface area contributed by atoms with Gasteiger partial charge in [-0.3, -0.25) is 0 Å². The summed E-state index contributed by atoms with van der Waals surface area (Å²) in [6.45, 7) is 0. The first-order valence-corrected chi connectivity index (χ1v) is 7.23. The van der Waals surface area contributed by atoms with E-state index in [9.17, 15) is 0 Å². The zero-order valence-electron chi connectivity index (χ0n) is 11.1. The number of nitrogen functional groups attached to an aromatic ring is 1. The van der Waals surface area contributed by atoms with Crippen LogP contribution in [0.2, 0.25) is 0 Å². The van der Waals surface area contributed by atoms with Crippen molar-refractivity contribution in [2.45, 2.75) is 0 Å². The number of nitrogens with one attached hydrogen (secondary N) is 1. The number of rotatable bonds is 3. The van der Waals surface area contributed by atoms with Crippen molar-refractivity contribution in [2.75, 3.05) is 11.1 Å². The molecule has 0 aliphatic rings. The molecule has 0 atom stereocenters. The summed E-state index contributed by atoms with van der Waals surface area (Å²) in [5, 5.41) is 3.22. The largest absolute Gasteiger partial charge is 0.383 e. The Morgan fingerprint density at radius 3 is 2.38 bits per heavy atom. The topological polar surface area (TPSA) is 63.8 Å². The van der Waals surface area contributed by atoms with E-state index in [0.717, 1.165) is 16.8 Å². The molecule has 0 fully saturated rings. The van der Waals surface area contributed by atoms with Gasteiger partial charge < -0.3 is 11.1 Å². The maximum absolute atomic E-state index is 5.74. The lowest BCUT2D eigenvalue weighted by Crippen LogP contribution is -2.01. The summed E-state index contributed by atoms with van der Waals surface area (Å²) in [5.74, 6) is 0.877. The van der Waals surface area contributed by atoms with Crippen molar-refractivity contribution in [2.24, 2.45) is 0 Å². The van der Waals surface area contributed by atoms with Crippen LogP contribution in [0.1, 0.15) is 0 Å². The summed E-state index contributed by atoms with van der Waals surface area (Å²) >= 11 is 3.32. The number of aromatic nitrogens is 2. The lowest BCUT2D eigenvalue weighted by atomic mass is 10.0. The van der Waals surface area contributed by atoms with Crippen molar-refractivity contribution >= 4 is 33.4 Å². The highest BCUT2D eigenvalue weighted by Gasteiger charge is 2.07. The molecule has 104 valence electrons. The minimum absolute atomic E-state index is 0.413. The molecule has 21 heavy (non-hydrogen) atoms. The van der Waals surface area contributed by atoms with E-state index in [0.29, 0.717) is 16.4 Å². The minimum atomic E-state index is 0.413. The van der Waals surface area contributed by atoms with Crippen LogP contribution in [0.3, 0.4) is 0 Å². The van der Waals surface area contributed by atoms with Crippen molar-refractivity contribution in [3.05, 3.63) is 65.3 Å². The predicted octanol–water partition coefficient (Wildman–Crippen LogP) is 4.23. The third-order valence-corrected chi connectivity index (χ3v) is 3.38. The first kappa shape index (κ1) is 13.6. The van der Waals surface area contributed by atoms with Crippen molar-refractivity contribution < 1.29 is 0 Å². The Bertz CT molecular complexity index is 739. The van der Waals surface area contributed by atoms with Gasteiger partial charge in [0.25, 0.3) is 0 Å². The molecule has 0 aliphatic carbocycles. The van der Waals surface area contributed by atoms with E-state index in [-0.39, 0.29) is 0 Å². The van der Waals surface area contributed by atoms with Gasteiger partial charge in [0.05, 0.1) is 0 Å². The lowest BCUT2D eigenvalue weighted by molar-refractivity contribution is 1.15. The van der Waals surface area contributed by atoms with E-state index in [1.165, 1.54) is 0 Å². The molecule has 4 nitrogen and oxygen atoms in total. The number of benzene rings is 2. The molecule has 0 saturated carbocycles. The Morgan fingerprint density at radius 2 is 1.62 bits per heavy atom. The van der Waals surface area contributed by atoms with E-state index in [2.05, 4.69) is 49.4 Å². The average molecular weight is 341 g/mol. The molecule has 0 aliphatic heterocycles. The van der Waals surface area contributed by atoms with Crippen LogP contribution >= 0.6 is 15.9 Å². The number of nitrogens with two attached hydrogens (primary N) is 1. The zero-order valence-corrected chi connectivity index (χ0v) is 12.7. The summed E-state index contributed by atoms with van der Waals surface area (Å²) in [6.07, 6.45) is 0. The monoisotopic (exact) mass is 340 g/mol. The number of nitrogens with zero attached hydrogens (tertiary/aromatic N) is 2. The van der Waals surface area contributed by atoms with Crippen LogP contribution < -0.4 is 11.1 Å². The van der Waals surface area contributed by atoms with Crippen LogP contribution in [0.25, 0.3) is 11.1 Å². The molecule has 0 radical (unpaired) electrons. The van der Waals surface area contributed by atoms with Crippen molar-refractivity contribution in [1.82, 2.24) is 9.97 Å². The van der Waals surface area contributed by atoms with Gasteiger partial charge in [0, 0.05) is 17.3 Å². The van der Waals surface area contributed by atoms with Crippen LogP contribution in [0.4, 0.5) is 17.5 Å². The molecule has 0 unspecified atom stereocenters. The smallest absolute Gasteiger partial charge is 0.230 e. The van der Waals surface area contributed by atoms with Gasteiger partial charge in [-0.05, 0) is 27.6 Å². The van der Waals surface area contributed by atoms with E-state index >= 15 is 0 Å². The Balaban J connectivity index is 2.00. The normalized spacial score (nSPS) is 10.3. The molecule has 3 N–H and O–H groups in total. The van der Waals surface area contributed by atoms with Gasteiger partial charge in [-0.2, -0.15) is 4.98 Å². The summed E-state index contributed by atoms with van der Waals surface area (Å²) in [7, 11) is 0. The van der Waals surface area contributed by atoms with Gasteiger partial charge in [0.2, 0.25) is 5.95 Å². The predicted molar refractivity (Wildman–Crippen MR) is 89.3 cm³/mol. The van der Waals surface area contributed by atoms with E-state index in [4.69, 9.17) is 5.73 Å². The molecular weight excluding hydrogens is 328 g/mol. The van der Waals surface area contributed by atoms with E-state index < -0.39 is 0 Å². The highest BCUT2D eigenvalue weighted by Crippen LogP contribution is 2.29. The zero-order chi connectivity index (χ0) is 14.7. The SMILES string of the molecule is Nc1cc(Br)nc(Nc2ccccc2-c2ccccc2)n1. The average Bonchev–Trinajstić information content (AvgIpc) is 2.48. The molecule has 0 spiro atoms. The molecular formula is C16H13BrN4. The fourth-order valence-corrected chi connectivity index (χ4v) is 2.48. The molecule has 0 amide bonds. The minimum Gasteiger partial charge on any atom is -0.383 e. The number of hydrogen-bond donors (Lipinski definition) is 2. The number of hydrogen-bond acceptors (Lipinski definition) is 4. The summed E-state index contributed by atoms with van der Waals surface area (Å²) in [6, 6.07) is 19.8. The first-order chi connectivity index (χ1) is 10.2. The van der Waals surface area contributed by atoms with Crippen LogP contribution in [0.5, 0.6) is 0 Å². The van der Waals surface area contributed by atoms with Crippen molar-refractivity contribution in [3.63, 3.8) is 0 Å². The number of halogens is 1. The second-order valence-electron chi connectivity index (χ2n) is 4.48. The Labute approximate surface area is 131 Å². The molecule has 1 heterocycles. The summed E-state index contributed by atoms with van der Waals surface area (Å²) < 4.78 is 0.648. The molecule has 0 bridgehead atoms. The van der Waals surface area contributed by atoms with Crippen LogP contribution in [-0.2, 0) is 0 Å². The number of anilines is 3. The maximum atomic E-state index is 5.74. The van der Waals surface area contributed by atoms with Gasteiger partial charge in [-0.15, -0.1) is 0 Å². The fourth-order valence-electron chi connectivity index (χ4n) is 2.07. The molecule has 3 rings (SSSR count). The van der Waals surface area contributed by atoms with Gasteiger partial charge in [0.1, 0.15) is 10.4 Å². The van der Waals surface area contributed by atoms with Crippen LogP contribution in [0.15, 0.2) is 65.3 Å². The Hall–Kier alpha value is -2.40. The standard InChI is InChI=1S/C16H13BrN4/c17-14-10-15(18)21-16(20-14)19-13-9-5-4-8-12(13)11-6-2-1-3-7-11/h1-10H,(H3,18,19,20,21). The third-order valence-electron chi connectivity index (χ3n) is 2.97. The summed E-state index contributed by atoms with van der Waals surface area (Å²) in [4.78, 5) is 8.47. The molecule has 2 aromatic carbocycles. The quantitative estimate of drug-likeness (QED) is 0.700. The lowest BCUT2D eigenvalue weighted by Gasteiger charge is -2.11. The van der Waals surface area contributed by atoms with Gasteiger partial charge in [-0.1, -0.05) is 48.5 Å². The molecule has 1 aromatic heterocycles. The summed E-state index contributed by atoms with van der Waals surface area (Å²) in [5.41, 5.74) is 8.88. The fraction of sp³-hybridized carbons (Fsp3) is 0. The highest BCUT2D eigenvalue weighted by molar-refractivity contribution is 9.10. The molecule has 3 aromatic rings. The highest BCUT2D eigenvalue weighted by atomic mass is 79.9. The molecule has 0 saturated heterocycles. The van der Waals surface area contributed by atoms with E-state index in [1.807, 2.05) is 36.4 Å². The Morgan fingerprint density at radius 1 is 0.905 bits per heavy atom. The molecule has 5 heteroatoms. The van der Waals surface area contributed by atoms with Gasteiger partial charge in [0.15, 0.2) is 0 Å². The van der Waals surface area contributed by atoms with Crippen molar-refractivity contribution in [3.8, 4) is 11.1 Å². The van der Waals surface area contributed by atoms with E-state index in [1.54, 1.807) is 6.07 Å². The Kier molecular flexibility index (Phi) is 3.83. The van der Waals surface area contributed by atoms with Gasteiger partial charge >= 0.3 is 0 Å². The number of para-hydroxylation sites is 1. The van der Waals surface area contributed by atoms with Crippen LogP contribution in [-0.4, -0.2) is 9.97 Å². The van der Waals surface area contributed by atoms with Crippen LogP contribution in [0, 0.1) is 0 Å². The van der Waals surface area contributed by atoms with Crippen molar-refractivity contribution in [1.29, 1.82) is 0 Å². The third kappa shape index (κ3) is 3.20. The van der Waals surface area contributed by atoms with Gasteiger partial charge in [-0.25, -0.2) is 4.98 Å². The first-order valence-electron chi connectivity index (χ1n) is 6.44. The second kappa shape index (κ2) is 5.93.